The van der Waals surface area contributed by atoms with E-state index in [-0.39, 0.29) is 6.61 Å². The molecule has 0 amide bonds. The molecule has 0 unspecified atom stereocenters. The van der Waals surface area contributed by atoms with E-state index in [0.717, 1.165) is 12.8 Å². The minimum Gasteiger partial charge on any atom is -0.392 e. The summed E-state index contributed by atoms with van der Waals surface area (Å²) in [6, 6.07) is 0. The summed E-state index contributed by atoms with van der Waals surface area (Å²) in [6.07, 6.45) is 7.54. The molecule has 0 bridgehead atoms. The molecule has 0 aromatic carbocycles. The second-order valence-electron chi connectivity index (χ2n) is 1.52. The fourth-order valence-electron chi connectivity index (χ4n) is 0.406. The monoisotopic (exact) mass is 112 g/mol. The lowest BCUT2D eigenvalue weighted by Gasteiger charge is -1.81. The van der Waals surface area contributed by atoms with Crippen molar-refractivity contribution < 1.29 is 5.11 Å². The van der Waals surface area contributed by atoms with Gasteiger partial charge in [-0.2, -0.15) is 0 Å². The lowest BCUT2D eigenvalue weighted by Crippen LogP contribution is -1.70. The van der Waals surface area contributed by atoms with Gasteiger partial charge in [0.1, 0.15) is 0 Å². The van der Waals surface area contributed by atoms with Crippen LogP contribution in [0.1, 0.15) is 12.8 Å². The summed E-state index contributed by atoms with van der Waals surface area (Å²) in [5.74, 6) is 0. The Morgan fingerprint density at radius 3 is 2.50 bits per heavy atom. The molecule has 0 atom stereocenters. The predicted molar refractivity (Wildman–Crippen MR) is 35.7 cm³/mol. The average Bonchev–Trinajstić information content (AvgIpc) is 1.81. The molecule has 0 aliphatic rings. The zero-order chi connectivity index (χ0) is 6.24. The van der Waals surface area contributed by atoms with E-state index in [1.807, 2.05) is 12.2 Å². The van der Waals surface area contributed by atoms with Crippen LogP contribution in [0.2, 0.25) is 0 Å². The Hall–Kier alpha value is -0.560. The minimum absolute atomic E-state index is 0.150. The molecule has 1 heteroatoms. The number of allylic oxidation sites excluding steroid dienone is 2. The average molecular weight is 112 g/mol. The summed E-state index contributed by atoms with van der Waals surface area (Å²) in [6.45, 7) is 3.71. The molecule has 0 saturated carbocycles. The van der Waals surface area contributed by atoms with Crippen LogP contribution in [0.25, 0.3) is 0 Å². The molecule has 0 fully saturated rings. The fourth-order valence-corrected chi connectivity index (χ4v) is 0.406. The SMILES string of the molecule is C=CCCC=CCO. The third-order valence-electron chi connectivity index (χ3n) is 0.810. The Kier molecular flexibility index (Phi) is 5.99. The molecule has 1 nitrogen and oxygen atoms in total. The molecule has 0 aliphatic heterocycles. The van der Waals surface area contributed by atoms with Gasteiger partial charge in [-0.25, -0.2) is 0 Å². The summed E-state index contributed by atoms with van der Waals surface area (Å²) in [7, 11) is 0. The largest absolute Gasteiger partial charge is 0.392 e. The topological polar surface area (TPSA) is 20.2 Å². The molecule has 0 radical (unpaired) electrons. The van der Waals surface area contributed by atoms with E-state index in [0.29, 0.717) is 0 Å². The molecule has 8 heavy (non-hydrogen) atoms. The van der Waals surface area contributed by atoms with Crippen molar-refractivity contribution in [2.24, 2.45) is 0 Å². The maximum absolute atomic E-state index is 8.25. The van der Waals surface area contributed by atoms with Crippen LogP contribution in [0.5, 0.6) is 0 Å². The van der Waals surface area contributed by atoms with E-state index >= 15 is 0 Å². The van der Waals surface area contributed by atoms with E-state index in [2.05, 4.69) is 6.58 Å². The van der Waals surface area contributed by atoms with Gasteiger partial charge in [0, 0.05) is 0 Å². The zero-order valence-corrected chi connectivity index (χ0v) is 5.01. The van der Waals surface area contributed by atoms with Gasteiger partial charge < -0.3 is 5.11 Å². The molecule has 0 spiro atoms. The van der Waals surface area contributed by atoms with Crippen molar-refractivity contribution in [3.63, 3.8) is 0 Å². The maximum Gasteiger partial charge on any atom is 0.0612 e. The molecular formula is C7H12O. The number of aliphatic hydroxyl groups is 1. The van der Waals surface area contributed by atoms with Crippen LogP contribution in [0.15, 0.2) is 24.8 Å². The van der Waals surface area contributed by atoms with Gasteiger partial charge in [-0.3, -0.25) is 0 Å². The van der Waals surface area contributed by atoms with Gasteiger partial charge in [-0.15, -0.1) is 6.58 Å². The van der Waals surface area contributed by atoms with Crippen molar-refractivity contribution in [2.45, 2.75) is 12.8 Å². The summed E-state index contributed by atoms with van der Waals surface area (Å²) < 4.78 is 0. The Morgan fingerprint density at radius 2 is 2.00 bits per heavy atom. The first-order valence-electron chi connectivity index (χ1n) is 2.78. The van der Waals surface area contributed by atoms with Gasteiger partial charge in [0.05, 0.1) is 6.61 Å². The van der Waals surface area contributed by atoms with Crippen LogP contribution in [0.3, 0.4) is 0 Å². The standard InChI is InChI=1S/C7H12O/c1-2-3-4-5-6-7-8/h2,5-6,8H,1,3-4,7H2. The van der Waals surface area contributed by atoms with E-state index in [1.165, 1.54) is 0 Å². The second kappa shape index (κ2) is 6.44. The van der Waals surface area contributed by atoms with Crippen LogP contribution in [-0.4, -0.2) is 11.7 Å². The van der Waals surface area contributed by atoms with Gasteiger partial charge in [0.15, 0.2) is 0 Å². The van der Waals surface area contributed by atoms with Gasteiger partial charge in [0.25, 0.3) is 0 Å². The Balaban J connectivity index is 2.90. The van der Waals surface area contributed by atoms with E-state index in [9.17, 15) is 0 Å². The summed E-state index contributed by atoms with van der Waals surface area (Å²) in [4.78, 5) is 0. The van der Waals surface area contributed by atoms with Crippen LogP contribution >= 0.6 is 0 Å². The molecule has 0 aliphatic carbocycles. The number of hydrogen-bond donors (Lipinski definition) is 1. The molecule has 46 valence electrons. The van der Waals surface area contributed by atoms with Crippen LogP contribution < -0.4 is 0 Å². The van der Waals surface area contributed by atoms with E-state index in [1.54, 1.807) is 6.08 Å². The van der Waals surface area contributed by atoms with Crippen molar-refractivity contribution >= 4 is 0 Å². The van der Waals surface area contributed by atoms with Crippen molar-refractivity contribution in [3.05, 3.63) is 24.8 Å². The van der Waals surface area contributed by atoms with E-state index < -0.39 is 0 Å². The molecular weight excluding hydrogens is 100 g/mol. The van der Waals surface area contributed by atoms with Crippen molar-refractivity contribution in [3.8, 4) is 0 Å². The molecule has 0 saturated heterocycles. The number of rotatable bonds is 4. The highest BCUT2D eigenvalue weighted by atomic mass is 16.2. The maximum atomic E-state index is 8.25. The molecule has 0 aromatic rings. The third-order valence-corrected chi connectivity index (χ3v) is 0.810. The quantitative estimate of drug-likeness (QED) is 0.431. The molecule has 1 N–H and O–H groups in total. The smallest absolute Gasteiger partial charge is 0.0612 e. The Bertz CT molecular complexity index is 74.5. The number of hydrogen-bond acceptors (Lipinski definition) is 1. The van der Waals surface area contributed by atoms with Crippen molar-refractivity contribution in [2.75, 3.05) is 6.61 Å². The van der Waals surface area contributed by atoms with Crippen LogP contribution in [0, 0.1) is 0 Å². The van der Waals surface area contributed by atoms with Gasteiger partial charge in [0.2, 0.25) is 0 Å². The lowest BCUT2D eigenvalue weighted by molar-refractivity contribution is 0.342. The Labute approximate surface area is 50.3 Å². The van der Waals surface area contributed by atoms with E-state index in [4.69, 9.17) is 5.11 Å². The lowest BCUT2D eigenvalue weighted by atomic mass is 10.3. The highest BCUT2D eigenvalue weighted by Crippen LogP contribution is 1.89. The van der Waals surface area contributed by atoms with Crippen molar-refractivity contribution in [1.29, 1.82) is 0 Å². The number of aliphatic hydroxyl groups excluding tert-OH is 1. The fraction of sp³-hybridized carbons (Fsp3) is 0.429. The van der Waals surface area contributed by atoms with Crippen molar-refractivity contribution in [1.82, 2.24) is 0 Å². The summed E-state index contributed by atoms with van der Waals surface area (Å²) in [5.41, 5.74) is 0. The zero-order valence-electron chi connectivity index (χ0n) is 5.01. The van der Waals surface area contributed by atoms with Gasteiger partial charge in [-0.05, 0) is 12.8 Å². The Morgan fingerprint density at radius 1 is 1.25 bits per heavy atom. The van der Waals surface area contributed by atoms with Gasteiger partial charge in [-0.1, -0.05) is 18.2 Å². The van der Waals surface area contributed by atoms with Crippen LogP contribution in [0.4, 0.5) is 0 Å². The predicted octanol–water partition coefficient (Wildman–Crippen LogP) is 1.50. The van der Waals surface area contributed by atoms with Gasteiger partial charge >= 0.3 is 0 Å². The first-order chi connectivity index (χ1) is 3.91. The minimum atomic E-state index is 0.150. The first kappa shape index (κ1) is 7.44. The normalized spacial score (nSPS) is 10.1. The summed E-state index contributed by atoms with van der Waals surface area (Å²) in [5, 5.41) is 8.25. The molecule has 0 heterocycles. The molecule has 0 rings (SSSR count). The summed E-state index contributed by atoms with van der Waals surface area (Å²) >= 11 is 0. The second-order valence-corrected chi connectivity index (χ2v) is 1.52. The first-order valence-corrected chi connectivity index (χ1v) is 2.78. The number of unbranched alkanes of at least 4 members (excludes halogenated alkanes) is 1. The van der Waals surface area contributed by atoms with Crippen LogP contribution in [-0.2, 0) is 0 Å². The highest BCUT2D eigenvalue weighted by molar-refractivity contribution is 4.83. The highest BCUT2D eigenvalue weighted by Gasteiger charge is 1.71. The molecule has 0 aromatic heterocycles. The third kappa shape index (κ3) is 5.44.